The lowest BCUT2D eigenvalue weighted by atomic mass is 10.4. The molecule has 2 amide bonds. The monoisotopic (exact) mass is 284 g/mol. The third kappa shape index (κ3) is 5.33. The number of hydrogen-bond donors (Lipinski definition) is 2. The van der Waals surface area contributed by atoms with E-state index in [1.165, 1.54) is 0 Å². The molecule has 0 aromatic heterocycles. The average molecular weight is 284 g/mol. The smallest absolute Gasteiger partial charge is 0.406 e. The van der Waals surface area contributed by atoms with E-state index in [2.05, 4.69) is 0 Å². The fourth-order valence-electron chi connectivity index (χ4n) is 1.68. The SMILES string of the molecule is O=C(O)CN(CC(F)(F)F)C(=O)N(CCO)C1CC1. The molecule has 0 aliphatic heterocycles. The predicted octanol–water partition coefficient (Wildman–Crippen LogP) is 0.512. The molecule has 6 nitrogen and oxygen atoms in total. The molecule has 1 fully saturated rings. The molecule has 0 atom stereocenters. The van der Waals surface area contributed by atoms with Crippen molar-refractivity contribution < 1.29 is 33.0 Å². The summed E-state index contributed by atoms with van der Waals surface area (Å²) in [5.41, 5.74) is 0. The van der Waals surface area contributed by atoms with Crippen molar-refractivity contribution >= 4 is 12.0 Å². The first-order chi connectivity index (χ1) is 8.74. The molecule has 110 valence electrons. The van der Waals surface area contributed by atoms with Crippen molar-refractivity contribution in [2.75, 3.05) is 26.2 Å². The number of aliphatic hydroxyl groups is 1. The summed E-state index contributed by atoms with van der Waals surface area (Å²) in [5, 5.41) is 17.4. The van der Waals surface area contributed by atoms with Gasteiger partial charge in [-0.3, -0.25) is 4.79 Å². The van der Waals surface area contributed by atoms with Crippen LogP contribution in [0.4, 0.5) is 18.0 Å². The number of halogens is 3. The van der Waals surface area contributed by atoms with Crippen molar-refractivity contribution in [2.45, 2.75) is 25.1 Å². The zero-order valence-electron chi connectivity index (χ0n) is 10.1. The highest BCUT2D eigenvalue weighted by Crippen LogP contribution is 2.28. The van der Waals surface area contributed by atoms with Crippen LogP contribution in [0.2, 0.25) is 0 Å². The number of hydrogen-bond acceptors (Lipinski definition) is 3. The second-order valence-corrected chi connectivity index (χ2v) is 4.30. The predicted molar refractivity (Wildman–Crippen MR) is 57.5 cm³/mol. The van der Waals surface area contributed by atoms with Crippen molar-refractivity contribution in [3.05, 3.63) is 0 Å². The largest absolute Gasteiger partial charge is 0.480 e. The Balaban J connectivity index is 2.76. The van der Waals surface area contributed by atoms with E-state index < -0.39 is 31.3 Å². The molecule has 0 aromatic rings. The zero-order chi connectivity index (χ0) is 14.6. The molecular formula is C10H15F3N2O4. The molecule has 19 heavy (non-hydrogen) atoms. The van der Waals surface area contributed by atoms with Gasteiger partial charge in [-0.1, -0.05) is 0 Å². The van der Waals surface area contributed by atoms with Crippen LogP contribution in [-0.4, -0.2) is 70.5 Å². The standard InChI is InChI=1S/C10H15F3N2O4/c11-10(12,13)6-14(5-8(17)18)9(19)15(3-4-16)7-1-2-7/h7,16H,1-6H2,(H,17,18). The highest BCUT2D eigenvalue weighted by Gasteiger charge is 2.39. The van der Waals surface area contributed by atoms with Crippen LogP contribution in [0.5, 0.6) is 0 Å². The molecule has 1 saturated carbocycles. The van der Waals surface area contributed by atoms with Gasteiger partial charge in [0.15, 0.2) is 0 Å². The Morgan fingerprint density at radius 1 is 1.26 bits per heavy atom. The minimum absolute atomic E-state index is 0.0997. The Bertz CT molecular complexity index is 344. The molecule has 0 spiro atoms. The van der Waals surface area contributed by atoms with Gasteiger partial charge >= 0.3 is 18.2 Å². The first-order valence-electron chi connectivity index (χ1n) is 5.69. The molecule has 1 rings (SSSR count). The lowest BCUT2D eigenvalue weighted by molar-refractivity contribution is -0.149. The van der Waals surface area contributed by atoms with Gasteiger partial charge < -0.3 is 20.0 Å². The molecule has 0 unspecified atom stereocenters. The van der Waals surface area contributed by atoms with Crippen LogP contribution in [0.1, 0.15) is 12.8 Å². The normalized spacial score (nSPS) is 15.2. The number of rotatable bonds is 6. The van der Waals surface area contributed by atoms with E-state index in [0.717, 1.165) is 4.90 Å². The van der Waals surface area contributed by atoms with Gasteiger partial charge in [-0.2, -0.15) is 13.2 Å². The average Bonchev–Trinajstić information content (AvgIpc) is 3.05. The van der Waals surface area contributed by atoms with Gasteiger partial charge in [-0.05, 0) is 12.8 Å². The number of amides is 2. The topological polar surface area (TPSA) is 81.1 Å². The third-order valence-electron chi connectivity index (χ3n) is 2.54. The van der Waals surface area contributed by atoms with Gasteiger partial charge in [0.2, 0.25) is 0 Å². The van der Waals surface area contributed by atoms with Crippen molar-refractivity contribution in [1.82, 2.24) is 9.80 Å². The lowest BCUT2D eigenvalue weighted by Gasteiger charge is -2.30. The van der Waals surface area contributed by atoms with Gasteiger partial charge in [0, 0.05) is 12.6 Å². The van der Waals surface area contributed by atoms with E-state index in [0.29, 0.717) is 12.8 Å². The Morgan fingerprint density at radius 3 is 2.21 bits per heavy atom. The Kier molecular flexibility index (Phi) is 4.98. The fourth-order valence-corrected chi connectivity index (χ4v) is 1.68. The quantitative estimate of drug-likeness (QED) is 0.744. The van der Waals surface area contributed by atoms with Crippen molar-refractivity contribution in [2.24, 2.45) is 0 Å². The maximum atomic E-state index is 12.3. The summed E-state index contributed by atoms with van der Waals surface area (Å²) in [5.74, 6) is -1.52. The fraction of sp³-hybridized carbons (Fsp3) is 0.800. The van der Waals surface area contributed by atoms with Crippen molar-refractivity contribution in [3.63, 3.8) is 0 Å². The highest BCUT2D eigenvalue weighted by molar-refractivity contribution is 5.80. The number of carbonyl (C=O) groups excluding carboxylic acids is 1. The summed E-state index contributed by atoms with van der Waals surface area (Å²) in [6.45, 7) is -3.12. The number of aliphatic hydroxyl groups excluding tert-OH is 1. The van der Waals surface area contributed by atoms with E-state index in [-0.39, 0.29) is 24.1 Å². The summed E-state index contributed by atoms with van der Waals surface area (Å²) in [6, 6.07) is -1.21. The van der Waals surface area contributed by atoms with Crippen molar-refractivity contribution in [3.8, 4) is 0 Å². The van der Waals surface area contributed by atoms with Crippen LogP contribution >= 0.6 is 0 Å². The summed E-state index contributed by atoms with van der Waals surface area (Å²) in [4.78, 5) is 23.8. The van der Waals surface area contributed by atoms with E-state index in [1.807, 2.05) is 0 Å². The molecule has 0 radical (unpaired) electrons. The van der Waals surface area contributed by atoms with Crippen molar-refractivity contribution in [1.29, 1.82) is 0 Å². The second kappa shape index (κ2) is 6.09. The summed E-state index contributed by atoms with van der Waals surface area (Å²) in [7, 11) is 0. The van der Waals surface area contributed by atoms with Crippen LogP contribution in [0.3, 0.4) is 0 Å². The summed E-state index contributed by atoms with van der Waals surface area (Å²) < 4.78 is 37.0. The molecule has 1 aliphatic carbocycles. The number of carboxylic acid groups (broad SMARTS) is 1. The van der Waals surface area contributed by atoms with Gasteiger partial charge in [-0.25, -0.2) is 4.79 Å². The first kappa shape index (κ1) is 15.5. The van der Waals surface area contributed by atoms with Crippen LogP contribution in [0, 0.1) is 0 Å². The molecule has 9 heteroatoms. The Labute approximate surface area is 107 Å². The van der Waals surface area contributed by atoms with Crippen LogP contribution < -0.4 is 0 Å². The molecule has 0 bridgehead atoms. The molecule has 0 aromatic carbocycles. The number of carboxylic acids is 1. The van der Waals surface area contributed by atoms with Gasteiger partial charge in [0.05, 0.1) is 6.61 Å². The Morgan fingerprint density at radius 2 is 1.84 bits per heavy atom. The summed E-state index contributed by atoms with van der Waals surface area (Å²) in [6.07, 6.45) is -3.36. The number of carbonyl (C=O) groups is 2. The second-order valence-electron chi connectivity index (χ2n) is 4.30. The maximum Gasteiger partial charge on any atom is 0.406 e. The van der Waals surface area contributed by atoms with E-state index >= 15 is 0 Å². The van der Waals surface area contributed by atoms with Gasteiger partial charge in [0.1, 0.15) is 13.1 Å². The number of urea groups is 1. The van der Waals surface area contributed by atoms with Crippen LogP contribution in [0.15, 0.2) is 0 Å². The highest BCUT2D eigenvalue weighted by atomic mass is 19.4. The number of nitrogens with zero attached hydrogens (tertiary/aromatic N) is 2. The van der Waals surface area contributed by atoms with Gasteiger partial charge in [-0.15, -0.1) is 0 Å². The lowest BCUT2D eigenvalue weighted by Crippen LogP contribution is -2.50. The Hall–Kier alpha value is -1.51. The minimum atomic E-state index is -4.67. The zero-order valence-corrected chi connectivity index (χ0v) is 10.1. The van der Waals surface area contributed by atoms with Crippen LogP contribution in [0.25, 0.3) is 0 Å². The number of aliphatic carboxylic acids is 1. The van der Waals surface area contributed by atoms with E-state index in [9.17, 15) is 22.8 Å². The van der Waals surface area contributed by atoms with Crippen LogP contribution in [-0.2, 0) is 4.79 Å². The molecule has 0 saturated heterocycles. The molecule has 1 aliphatic rings. The van der Waals surface area contributed by atoms with E-state index in [4.69, 9.17) is 10.2 Å². The molecule has 0 heterocycles. The van der Waals surface area contributed by atoms with Gasteiger partial charge in [0.25, 0.3) is 0 Å². The third-order valence-corrected chi connectivity index (χ3v) is 2.54. The van der Waals surface area contributed by atoms with E-state index in [1.54, 1.807) is 0 Å². The minimum Gasteiger partial charge on any atom is -0.480 e. The molecule has 2 N–H and O–H groups in total. The molecular weight excluding hydrogens is 269 g/mol. The first-order valence-corrected chi connectivity index (χ1v) is 5.69. The summed E-state index contributed by atoms with van der Waals surface area (Å²) >= 11 is 0. The number of alkyl halides is 3. The maximum absolute atomic E-state index is 12.3.